The fourth-order valence-corrected chi connectivity index (χ4v) is 3.86. The fourth-order valence-electron chi connectivity index (χ4n) is 3.86. The average Bonchev–Trinajstić information content (AvgIpc) is 2.95. The Morgan fingerprint density at radius 1 is 0.417 bits per heavy atom. The molecule has 36 heavy (non-hydrogen) atoms. The predicted octanol–water partition coefficient (Wildman–Crippen LogP) is 7.17. The van der Waals surface area contributed by atoms with E-state index in [4.69, 9.17) is 9.47 Å². The summed E-state index contributed by atoms with van der Waals surface area (Å²) in [6, 6.07) is 33.2. The second-order valence-electron chi connectivity index (χ2n) is 8.55. The van der Waals surface area contributed by atoms with Gasteiger partial charge in [0.25, 0.3) is 0 Å². The lowest BCUT2D eigenvalue weighted by atomic mass is 10.0. The summed E-state index contributed by atoms with van der Waals surface area (Å²) >= 11 is 0. The fraction of sp³-hybridized carbons (Fsp3) is 0.188. The molecule has 4 rings (SSSR count). The third-order valence-corrected chi connectivity index (χ3v) is 5.88. The van der Waals surface area contributed by atoms with Crippen molar-refractivity contribution in [3.8, 4) is 11.5 Å². The maximum atomic E-state index is 12.5. The van der Waals surface area contributed by atoms with Crippen LogP contribution in [0.25, 0.3) is 0 Å². The Morgan fingerprint density at radius 3 is 1.11 bits per heavy atom. The van der Waals surface area contributed by atoms with Crippen molar-refractivity contribution in [2.75, 3.05) is 13.2 Å². The van der Waals surface area contributed by atoms with Gasteiger partial charge >= 0.3 is 0 Å². The molecule has 0 unspecified atom stereocenters. The van der Waals surface area contributed by atoms with E-state index in [1.807, 2.05) is 109 Å². The number of unbranched alkanes of at least 4 members (excludes halogenated alkanes) is 3. The number of carbonyl (C=O) groups excluding carboxylic acids is 2. The van der Waals surface area contributed by atoms with Crippen LogP contribution in [0.15, 0.2) is 109 Å². The number of rotatable bonds is 13. The quantitative estimate of drug-likeness (QED) is 0.151. The molecule has 0 fully saturated rings. The highest BCUT2D eigenvalue weighted by Gasteiger charge is 2.09. The Morgan fingerprint density at radius 2 is 0.750 bits per heavy atom. The monoisotopic (exact) mass is 478 g/mol. The van der Waals surface area contributed by atoms with Crippen LogP contribution < -0.4 is 9.47 Å². The molecular formula is C32H30O4. The molecule has 0 heterocycles. The topological polar surface area (TPSA) is 52.6 Å². The van der Waals surface area contributed by atoms with E-state index in [0.717, 1.165) is 37.2 Å². The smallest absolute Gasteiger partial charge is 0.193 e. The van der Waals surface area contributed by atoms with E-state index in [-0.39, 0.29) is 11.6 Å². The van der Waals surface area contributed by atoms with E-state index < -0.39 is 0 Å². The van der Waals surface area contributed by atoms with Crippen LogP contribution in [0.3, 0.4) is 0 Å². The Hall–Kier alpha value is -4.18. The van der Waals surface area contributed by atoms with Crippen LogP contribution in [-0.2, 0) is 0 Å². The minimum Gasteiger partial charge on any atom is -0.494 e. The molecule has 0 aromatic heterocycles. The minimum absolute atomic E-state index is 0.0148. The summed E-state index contributed by atoms with van der Waals surface area (Å²) < 4.78 is 11.6. The Labute approximate surface area is 212 Å². The first-order valence-electron chi connectivity index (χ1n) is 12.4. The first kappa shape index (κ1) is 24.9. The van der Waals surface area contributed by atoms with Gasteiger partial charge in [0.1, 0.15) is 11.5 Å². The van der Waals surface area contributed by atoms with Crippen LogP contribution in [0.2, 0.25) is 0 Å². The Balaban J connectivity index is 1.09. The highest BCUT2D eigenvalue weighted by atomic mass is 16.5. The number of carbonyl (C=O) groups is 2. The molecule has 4 nitrogen and oxygen atoms in total. The van der Waals surface area contributed by atoms with Gasteiger partial charge in [0, 0.05) is 22.3 Å². The number of benzene rings is 4. The van der Waals surface area contributed by atoms with Gasteiger partial charge in [-0.05, 0) is 74.2 Å². The van der Waals surface area contributed by atoms with Crippen LogP contribution in [0.5, 0.6) is 11.5 Å². The molecule has 0 N–H and O–H groups in total. The average molecular weight is 479 g/mol. The SMILES string of the molecule is O=C(c1ccccc1)c1ccc(OCCCCCCOc2ccc(C(=O)c3ccccc3)cc2)cc1. The summed E-state index contributed by atoms with van der Waals surface area (Å²) in [5.74, 6) is 1.58. The van der Waals surface area contributed by atoms with Crippen molar-refractivity contribution in [1.82, 2.24) is 0 Å². The third kappa shape index (κ3) is 7.16. The molecule has 0 amide bonds. The lowest BCUT2D eigenvalue weighted by Gasteiger charge is -2.08. The van der Waals surface area contributed by atoms with Crippen LogP contribution in [0.4, 0.5) is 0 Å². The highest BCUT2D eigenvalue weighted by molar-refractivity contribution is 6.09. The zero-order chi connectivity index (χ0) is 25.0. The number of ether oxygens (including phenoxy) is 2. The summed E-state index contributed by atoms with van der Waals surface area (Å²) in [4.78, 5) is 24.9. The number of hydrogen-bond acceptors (Lipinski definition) is 4. The van der Waals surface area contributed by atoms with Crippen LogP contribution >= 0.6 is 0 Å². The van der Waals surface area contributed by atoms with Crippen molar-refractivity contribution in [1.29, 1.82) is 0 Å². The first-order chi connectivity index (χ1) is 17.7. The lowest BCUT2D eigenvalue weighted by molar-refractivity contribution is 0.103. The van der Waals surface area contributed by atoms with Crippen molar-refractivity contribution in [2.45, 2.75) is 25.7 Å². The van der Waals surface area contributed by atoms with Crippen molar-refractivity contribution >= 4 is 11.6 Å². The van der Waals surface area contributed by atoms with Gasteiger partial charge < -0.3 is 9.47 Å². The molecule has 4 aromatic carbocycles. The van der Waals surface area contributed by atoms with Gasteiger partial charge in [-0.15, -0.1) is 0 Å². The second-order valence-corrected chi connectivity index (χ2v) is 8.55. The molecule has 0 saturated heterocycles. The second kappa shape index (κ2) is 13.1. The van der Waals surface area contributed by atoms with Gasteiger partial charge in [-0.2, -0.15) is 0 Å². The highest BCUT2D eigenvalue weighted by Crippen LogP contribution is 2.18. The zero-order valence-corrected chi connectivity index (χ0v) is 20.3. The molecule has 0 aliphatic rings. The van der Waals surface area contributed by atoms with E-state index in [0.29, 0.717) is 35.5 Å². The molecule has 0 radical (unpaired) electrons. The van der Waals surface area contributed by atoms with E-state index in [1.54, 1.807) is 0 Å². The van der Waals surface area contributed by atoms with Gasteiger partial charge in [0.05, 0.1) is 13.2 Å². The predicted molar refractivity (Wildman–Crippen MR) is 142 cm³/mol. The maximum Gasteiger partial charge on any atom is 0.193 e. The molecule has 0 saturated carbocycles. The van der Waals surface area contributed by atoms with Gasteiger partial charge in [-0.1, -0.05) is 60.7 Å². The summed E-state index contributed by atoms with van der Waals surface area (Å²) in [6.07, 6.45) is 4.03. The van der Waals surface area contributed by atoms with Crippen LogP contribution in [0, 0.1) is 0 Å². The third-order valence-electron chi connectivity index (χ3n) is 5.88. The van der Waals surface area contributed by atoms with Gasteiger partial charge in [-0.3, -0.25) is 9.59 Å². The summed E-state index contributed by atoms with van der Waals surface area (Å²) in [5, 5.41) is 0. The van der Waals surface area contributed by atoms with Gasteiger partial charge in [0.2, 0.25) is 0 Å². The zero-order valence-electron chi connectivity index (χ0n) is 20.3. The van der Waals surface area contributed by atoms with Crippen molar-refractivity contribution < 1.29 is 19.1 Å². The van der Waals surface area contributed by atoms with E-state index in [1.165, 1.54) is 0 Å². The standard InChI is InChI=1S/C32H30O4/c33-31(25-11-5-3-6-12-25)27-15-19-29(20-16-27)35-23-9-1-2-10-24-36-30-21-17-28(18-22-30)32(34)26-13-7-4-8-14-26/h3-8,11-22H,1-2,9-10,23-24H2. The van der Waals surface area contributed by atoms with E-state index in [9.17, 15) is 9.59 Å². The molecule has 0 aliphatic carbocycles. The number of hydrogen-bond donors (Lipinski definition) is 0. The Kier molecular flexibility index (Phi) is 9.04. The molecular weight excluding hydrogens is 448 g/mol. The van der Waals surface area contributed by atoms with E-state index in [2.05, 4.69) is 0 Å². The number of ketones is 2. The van der Waals surface area contributed by atoms with Crippen LogP contribution in [0.1, 0.15) is 57.5 Å². The van der Waals surface area contributed by atoms with Crippen molar-refractivity contribution in [2.24, 2.45) is 0 Å². The molecule has 0 atom stereocenters. The van der Waals surface area contributed by atoms with Crippen molar-refractivity contribution in [3.05, 3.63) is 131 Å². The minimum atomic E-state index is 0.0148. The Bertz CT molecular complexity index is 1130. The molecule has 0 bridgehead atoms. The summed E-state index contributed by atoms with van der Waals surface area (Å²) in [6.45, 7) is 1.29. The summed E-state index contributed by atoms with van der Waals surface area (Å²) in [5.41, 5.74) is 2.69. The summed E-state index contributed by atoms with van der Waals surface area (Å²) in [7, 11) is 0. The van der Waals surface area contributed by atoms with Gasteiger partial charge in [-0.25, -0.2) is 0 Å². The normalized spacial score (nSPS) is 10.6. The maximum absolute atomic E-state index is 12.5. The molecule has 4 aromatic rings. The van der Waals surface area contributed by atoms with Gasteiger partial charge in [0.15, 0.2) is 11.6 Å². The molecule has 182 valence electrons. The molecule has 0 aliphatic heterocycles. The molecule has 0 spiro atoms. The largest absolute Gasteiger partial charge is 0.494 e. The lowest BCUT2D eigenvalue weighted by Crippen LogP contribution is -2.02. The first-order valence-corrected chi connectivity index (χ1v) is 12.4. The molecule has 4 heteroatoms. The van der Waals surface area contributed by atoms with Crippen molar-refractivity contribution in [3.63, 3.8) is 0 Å². The van der Waals surface area contributed by atoms with E-state index >= 15 is 0 Å². The van der Waals surface area contributed by atoms with Crippen LogP contribution in [-0.4, -0.2) is 24.8 Å².